The van der Waals surface area contributed by atoms with Crippen LogP contribution in [0.25, 0.3) is 11.3 Å². The normalized spacial score (nSPS) is 10.8. The standard InChI is InChI=1S/C11H9BrClFN2/c1-2-8-10(12)11(16-15-8)9-6(13)4-3-5-7(9)14/h3-5H,2H2,1H3,(H,15,16). The fraction of sp³-hybridized carbons (Fsp3) is 0.182. The van der Waals surface area contributed by atoms with Crippen LogP contribution in [0.15, 0.2) is 22.7 Å². The van der Waals surface area contributed by atoms with Crippen LogP contribution >= 0.6 is 27.5 Å². The maximum Gasteiger partial charge on any atom is 0.134 e. The molecule has 0 aliphatic heterocycles. The largest absolute Gasteiger partial charge is 0.281 e. The van der Waals surface area contributed by atoms with Crippen molar-refractivity contribution in [2.75, 3.05) is 0 Å². The minimum absolute atomic E-state index is 0.326. The number of aryl methyl sites for hydroxylation is 1. The summed E-state index contributed by atoms with van der Waals surface area (Å²) < 4.78 is 14.4. The van der Waals surface area contributed by atoms with Crippen molar-refractivity contribution >= 4 is 27.5 Å². The summed E-state index contributed by atoms with van der Waals surface area (Å²) in [6, 6.07) is 4.59. The highest BCUT2D eigenvalue weighted by Gasteiger charge is 2.17. The Labute approximate surface area is 106 Å². The van der Waals surface area contributed by atoms with E-state index in [0.717, 1.165) is 16.6 Å². The van der Waals surface area contributed by atoms with Crippen LogP contribution in [0, 0.1) is 5.82 Å². The van der Waals surface area contributed by atoms with Crippen molar-refractivity contribution in [2.45, 2.75) is 13.3 Å². The molecule has 0 radical (unpaired) electrons. The molecule has 2 rings (SSSR count). The van der Waals surface area contributed by atoms with Crippen molar-refractivity contribution in [2.24, 2.45) is 0 Å². The van der Waals surface area contributed by atoms with E-state index in [2.05, 4.69) is 26.1 Å². The predicted molar refractivity (Wildman–Crippen MR) is 66.1 cm³/mol. The van der Waals surface area contributed by atoms with Crippen LogP contribution in [0.1, 0.15) is 12.6 Å². The third-order valence-corrected chi connectivity index (χ3v) is 3.50. The number of nitrogens with one attached hydrogen (secondary N) is 1. The monoisotopic (exact) mass is 302 g/mol. The zero-order valence-corrected chi connectivity index (χ0v) is 10.9. The van der Waals surface area contributed by atoms with E-state index in [1.165, 1.54) is 6.07 Å². The molecule has 0 aliphatic rings. The summed E-state index contributed by atoms with van der Waals surface area (Å²) in [5.41, 5.74) is 1.77. The van der Waals surface area contributed by atoms with Crippen LogP contribution in [-0.2, 0) is 6.42 Å². The molecule has 0 bridgehead atoms. The van der Waals surface area contributed by atoms with Gasteiger partial charge in [0, 0.05) is 5.69 Å². The Hall–Kier alpha value is -0.870. The third-order valence-electron chi connectivity index (χ3n) is 2.33. The highest BCUT2D eigenvalue weighted by atomic mass is 79.9. The molecule has 16 heavy (non-hydrogen) atoms. The van der Waals surface area contributed by atoms with E-state index in [1.807, 2.05) is 6.92 Å². The van der Waals surface area contributed by atoms with Gasteiger partial charge < -0.3 is 0 Å². The number of benzene rings is 1. The average Bonchev–Trinajstić information content (AvgIpc) is 2.60. The van der Waals surface area contributed by atoms with Gasteiger partial charge in [-0.25, -0.2) is 4.39 Å². The number of H-pyrrole nitrogens is 1. The van der Waals surface area contributed by atoms with Crippen molar-refractivity contribution in [1.82, 2.24) is 10.2 Å². The minimum atomic E-state index is -0.373. The Kier molecular flexibility index (Phi) is 3.30. The smallest absolute Gasteiger partial charge is 0.134 e. The molecule has 0 spiro atoms. The maximum atomic E-state index is 13.7. The lowest BCUT2D eigenvalue weighted by Crippen LogP contribution is -1.87. The molecule has 2 aromatic rings. The molecule has 0 unspecified atom stereocenters. The highest BCUT2D eigenvalue weighted by molar-refractivity contribution is 9.10. The van der Waals surface area contributed by atoms with Gasteiger partial charge >= 0.3 is 0 Å². The van der Waals surface area contributed by atoms with Crippen molar-refractivity contribution in [3.8, 4) is 11.3 Å². The number of aromatic nitrogens is 2. The number of halogens is 3. The van der Waals surface area contributed by atoms with E-state index in [1.54, 1.807) is 12.1 Å². The number of nitrogens with zero attached hydrogens (tertiary/aromatic N) is 1. The topological polar surface area (TPSA) is 28.7 Å². The van der Waals surface area contributed by atoms with Crippen molar-refractivity contribution in [3.05, 3.63) is 39.2 Å². The number of rotatable bonds is 2. The SMILES string of the molecule is CCc1[nH]nc(-c2c(F)cccc2Cl)c1Br. The van der Waals surface area contributed by atoms with E-state index < -0.39 is 0 Å². The van der Waals surface area contributed by atoms with E-state index in [0.29, 0.717) is 16.3 Å². The Bertz CT molecular complexity index is 504. The second kappa shape index (κ2) is 4.55. The predicted octanol–water partition coefficient (Wildman–Crippen LogP) is 4.19. The first-order chi connectivity index (χ1) is 7.65. The van der Waals surface area contributed by atoms with Gasteiger partial charge in [-0.15, -0.1) is 0 Å². The van der Waals surface area contributed by atoms with Gasteiger partial charge in [0.2, 0.25) is 0 Å². The number of aromatic amines is 1. The minimum Gasteiger partial charge on any atom is -0.281 e. The van der Waals surface area contributed by atoms with Gasteiger partial charge in [-0.1, -0.05) is 24.6 Å². The van der Waals surface area contributed by atoms with Gasteiger partial charge in [0.05, 0.1) is 15.1 Å². The molecule has 1 heterocycles. The molecule has 0 saturated carbocycles. The molecule has 1 aromatic carbocycles. The molecule has 0 amide bonds. The molecule has 1 aromatic heterocycles. The van der Waals surface area contributed by atoms with Crippen LogP contribution in [0.4, 0.5) is 4.39 Å². The molecule has 2 nitrogen and oxygen atoms in total. The van der Waals surface area contributed by atoms with Crippen LogP contribution in [0.2, 0.25) is 5.02 Å². The van der Waals surface area contributed by atoms with E-state index in [-0.39, 0.29) is 5.82 Å². The Morgan fingerprint density at radius 1 is 1.50 bits per heavy atom. The molecular formula is C11H9BrClFN2. The summed E-state index contributed by atoms with van der Waals surface area (Å²) in [6.07, 6.45) is 0.791. The van der Waals surface area contributed by atoms with Gasteiger partial charge in [-0.2, -0.15) is 5.10 Å². The van der Waals surface area contributed by atoms with Crippen molar-refractivity contribution in [3.63, 3.8) is 0 Å². The first kappa shape index (κ1) is 11.6. The maximum absolute atomic E-state index is 13.7. The second-order valence-electron chi connectivity index (χ2n) is 3.31. The quantitative estimate of drug-likeness (QED) is 0.885. The van der Waals surface area contributed by atoms with E-state index >= 15 is 0 Å². The van der Waals surface area contributed by atoms with Gasteiger partial charge in [0.15, 0.2) is 0 Å². The molecule has 0 fully saturated rings. The van der Waals surface area contributed by atoms with Gasteiger partial charge in [0.1, 0.15) is 11.5 Å². The van der Waals surface area contributed by atoms with E-state index in [9.17, 15) is 4.39 Å². The molecule has 0 aliphatic carbocycles. The van der Waals surface area contributed by atoms with Crippen LogP contribution in [0.3, 0.4) is 0 Å². The molecule has 1 N–H and O–H groups in total. The third kappa shape index (κ3) is 1.87. The summed E-state index contributed by atoms with van der Waals surface area (Å²) in [5.74, 6) is -0.373. The van der Waals surface area contributed by atoms with Gasteiger partial charge in [-0.05, 0) is 34.5 Å². The summed E-state index contributed by atoms with van der Waals surface area (Å²) in [7, 11) is 0. The summed E-state index contributed by atoms with van der Waals surface area (Å²) in [4.78, 5) is 0. The first-order valence-corrected chi connectivity index (χ1v) is 5.99. The van der Waals surface area contributed by atoms with Crippen molar-refractivity contribution < 1.29 is 4.39 Å². The van der Waals surface area contributed by atoms with Crippen LogP contribution in [-0.4, -0.2) is 10.2 Å². The Balaban J connectivity index is 2.63. The summed E-state index contributed by atoms with van der Waals surface area (Å²) in [5, 5.41) is 7.29. The van der Waals surface area contributed by atoms with Crippen LogP contribution < -0.4 is 0 Å². The Morgan fingerprint density at radius 3 is 2.81 bits per heavy atom. The zero-order valence-electron chi connectivity index (χ0n) is 8.52. The van der Waals surface area contributed by atoms with Gasteiger partial charge in [-0.3, -0.25) is 5.10 Å². The molecule has 0 saturated heterocycles. The molecule has 0 atom stereocenters. The lowest BCUT2D eigenvalue weighted by molar-refractivity contribution is 0.630. The summed E-state index contributed by atoms with van der Waals surface area (Å²) in [6.45, 7) is 1.99. The average molecular weight is 304 g/mol. The summed E-state index contributed by atoms with van der Waals surface area (Å²) >= 11 is 9.37. The molecule has 84 valence electrons. The molecule has 5 heteroatoms. The second-order valence-corrected chi connectivity index (χ2v) is 4.52. The lowest BCUT2D eigenvalue weighted by Gasteiger charge is -2.02. The van der Waals surface area contributed by atoms with Crippen molar-refractivity contribution in [1.29, 1.82) is 0 Å². The number of hydrogen-bond donors (Lipinski definition) is 1. The highest BCUT2D eigenvalue weighted by Crippen LogP contribution is 2.35. The lowest BCUT2D eigenvalue weighted by atomic mass is 10.1. The fourth-order valence-electron chi connectivity index (χ4n) is 1.49. The van der Waals surface area contributed by atoms with E-state index in [4.69, 9.17) is 11.6 Å². The zero-order chi connectivity index (χ0) is 11.7. The Morgan fingerprint density at radius 2 is 2.25 bits per heavy atom. The fourth-order valence-corrected chi connectivity index (χ4v) is 2.40. The number of hydrogen-bond acceptors (Lipinski definition) is 1. The first-order valence-electron chi connectivity index (χ1n) is 4.82. The molecular weight excluding hydrogens is 294 g/mol. The van der Waals surface area contributed by atoms with Crippen LogP contribution in [0.5, 0.6) is 0 Å². The van der Waals surface area contributed by atoms with Gasteiger partial charge in [0.25, 0.3) is 0 Å².